The number of rotatable bonds is 6. The third kappa shape index (κ3) is 4.45. The zero-order valence-corrected chi connectivity index (χ0v) is 15.3. The number of carbonyl (C=O) groups is 1. The minimum Gasteiger partial charge on any atom is -0.442 e. The number of halogens is 2. The Kier molecular flexibility index (Phi) is 5.02. The monoisotopic (exact) mass is 401 g/mol. The van der Waals surface area contributed by atoms with Gasteiger partial charge in [0, 0.05) is 17.4 Å². The molecule has 2 N–H and O–H groups in total. The summed E-state index contributed by atoms with van der Waals surface area (Å²) in [7, 11) is 0. The van der Waals surface area contributed by atoms with E-state index in [0.29, 0.717) is 24.5 Å². The standard InChI is InChI=1S/C18H17F2N7O2/c1-10-4-11(15-9-27(26-25-15)8-13-7-22-18(28)29-13)6-12(5-10)23-17-21-3-2-14(24-17)16(19)20/h2-6,9,13,16H,7-8H2,1H3,(H,22,28)(H,21,23,24). The highest BCUT2D eigenvalue weighted by Gasteiger charge is 2.23. The van der Waals surface area contributed by atoms with E-state index in [1.165, 1.54) is 12.3 Å². The Balaban J connectivity index is 1.53. The number of carbonyl (C=O) groups excluding carboxylic acids is 1. The van der Waals surface area contributed by atoms with Crippen LogP contribution in [0.5, 0.6) is 0 Å². The zero-order chi connectivity index (χ0) is 20.4. The number of alkyl halides is 2. The lowest BCUT2D eigenvalue weighted by molar-refractivity contribution is 0.128. The Morgan fingerprint density at radius 1 is 1.38 bits per heavy atom. The van der Waals surface area contributed by atoms with Gasteiger partial charge in [0.1, 0.15) is 17.5 Å². The fraction of sp³-hybridized carbons (Fsp3) is 0.278. The van der Waals surface area contributed by atoms with Gasteiger partial charge in [0.05, 0.1) is 19.3 Å². The van der Waals surface area contributed by atoms with Crippen LogP contribution in [-0.2, 0) is 11.3 Å². The van der Waals surface area contributed by atoms with Gasteiger partial charge in [0.25, 0.3) is 6.43 Å². The molecule has 11 heteroatoms. The maximum atomic E-state index is 12.8. The molecule has 3 heterocycles. The third-order valence-electron chi connectivity index (χ3n) is 4.21. The van der Waals surface area contributed by atoms with Crippen LogP contribution in [0, 0.1) is 6.92 Å². The molecule has 1 amide bonds. The molecule has 0 bridgehead atoms. The van der Waals surface area contributed by atoms with E-state index >= 15 is 0 Å². The molecule has 1 aromatic carbocycles. The van der Waals surface area contributed by atoms with Crippen LogP contribution in [0.3, 0.4) is 0 Å². The summed E-state index contributed by atoms with van der Waals surface area (Å²) in [6, 6.07) is 6.74. The molecule has 4 rings (SSSR count). The van der Waals surface area contributed by atoms with Gasteiger partial charge in [-0.05, 0) is 36.8 Å². The quantitative estimate of drug-likeness (QED) is 0.654. The molecule has 0 radical (unpaired) electrons. The predicted octanol–water partition coefficient (Wildman–Crippen LogP) is 2.83. The number of hydrogen-bond acceptors (Lipinski definition) is 7. The number of cyclic esters (lactones) is 1. The highest BCUT2D eigenvalue weighted by Crippen LogP contribution is 2.25. The topological polar surface area (TPSA) is 107 Å². The number of anilines is 2. The maximum Gasteiger partial charge on any atom is 0.407 e. The van der Waals surface area contributed by atoms with Crippen molar-refractivity contribution in [3.8, 4) is 11.3 Å². The molecule has 3 aromatic rings. The van der Waals surface area contributed by atoms with Crippen LogP contribution in [0.15, 0.2) is 36.7 Å². The van der Waals surface area contributed by atoms with Crippen LogP contribution >= 0.6 is 0 Å². The van der Waals surface area contributed by atoms with E-state index in [1.54, 1.807) is 16.9 Å². The molecule has 2 aromatic heterocycles. The van der Waals surface area contributed by atoms with Gasteiger partial charge in [-0.3, -0.25) is 0 Å². The van der Waals surface area contributed by atoms with Crippen molar-refractivity contribution in [2.45, 2.75) is 26.0 Å². The van der Waals surface area contributed by atoms with Crippen molar-refractivity contribution in [1.29, 1.82) is 0 Å². The fourth-order valence-corrected chi connectivity index (χ4v) is 2.95. The predicted molar refractivity (Wildman–Crippen MR) is 98.7 cm³/mol. The van der Waals surface area contributed by atoms with Crippen molar-refractivity contribution < 1.29 is 18.3 Å². The van der Waals surface area contributed by atoms with Crippen molar-refractivity contribution in [2.75, 3.05) is 11.9 Å². The molecule has 0 spiro atoms. The van der Waals surface area contributed by atoms with E-state index in [2.05, 4.69) is 30.9 Å². The first kappa shape index (κ1) is 18.7. The molecule has 0 saturated carbocycles. The van der Waals surface area contributed by atoms with Gasteiger partial charge in [0.15, 0.2) is 0 Å². The highest BCUT2D eigenvalue weighted by molar-refractivity contribution is 5.69. The van der Waals surface area contributed by atoms with Crippen LogP contribution in [0.2, 0.25) is 0 Å². The Labute approximate surface area is 164 Å². The van der Waals surface area contributed by atoms with E-state index in [9.17, 15) is 13.6 Å². The fourth-order valence-electron chi connectivity index (χ4n) is 2.95. The molecule has 1 saturated heterocycles. The summed E-state index contributed by atoms with van der Waals surface area (Å²) in [5.74, 6) is 0.0820. The van der Waals surface area contributed by atoms with E-state index in [4.69, 9.17) is 4.74 Å². The second-order valence-corrected chi connectivity index (χ2v) is 6.55. The minimum atomic E-state index is -2.67. The SMILES string of the molecule is Cc1cc(Nc2nccc(C(F)F)n2)cc(-c2cn(CC3CNC(=O)O3)nn2)c1. The summed E-state index contributed by atoms with van der Waals surface area (Å²) >= 11 is 0. The number of hydrogen-bond donors (Lipinski definition) is 2. The van der Waals surface area contributed by atoms with Crippen molar-refractivity contribution in [2.24, 2.45) is 0 Å². The van der Waals surface area contributed by atoms with Crippen LogP contribution in [-0.4, -0.2) is 43.7 Å². The molecule has 1 fully saturated rings. The average molecular weight is 401 g/mol. The van der Waals surface area contributed by atoms with Gasteiger partial charge in [-0.1, -0.05) is 5.21 Å². The first-order chi connectivity index (χ1) is 14.0. The molecule has 1 aliphatic heterocycles. The number of amides is 1. The third-order valence-corrected chi connectivity index (χ3v) is 4.21. The van der Waals surface area contributed by atoms with Crippen molar-refractivity contribution in [1.82, 2.24) is 30.3 Å². The molecule has 29 heavy (non-hydrogen) atoms. The lowest BCUT2D eigenvalue weighted by atomic mass is 10.1. The summed E-state index contributed by atoms with van der Waals surface area (Å²) in [6.45, 7) is 2.71. The van der Waals surface area contributed by atoms with E-state index in [1.807, 2.05) is 19.1 Å². The molecule has 9 nitrogen and oxygen atoms in total. The molecule has 1 unspecified atom stereocenters. The van der Waals surface area contributed by atoms with Gasteiger partial charge in [-0.2, -0.15) is 0 Å². The second kappa shape index (κ2) is 7.78. The van der Waals surface area contributed by atoms with Crippen LogP contribution < -0.4 is 10.6 Å². The molecular weight excluding hydrogens is 384 g/mol. The lowest BCUT2D eigenvalue weighted by Gasteiger charge is -2.09. The minimum absolute atomic E-state index is 0.0820. The summed E-state index contributed by atoms with van der Waals surface area (Å²) < 4.78 is 32.4. The summed E-state index contributed by atoms with van der Waals surface area (Å²) in [4.78, 5) is 18.9. The van der Waals surface area contributed by atoms with Crippen molar-refractivity contribution >= 4 is 17.7 Å². The maximum absolute atomic E-state index is 12.8. The first-order valence-corrected chi connectivity index (χ1v) is 8.81. The van der Waals surface area contributed by atoms with Gasteiger partial charge >= 0.3 is 6.09 Å². The zero-order valence-electron chi connectivity index (χ0n) is 15.3. The molecule has 150 valence electrons. The normalized spacial score (nSPS) is 16.0. The average Bonchev–Trinajstić information content (AvgIpc) is 3.31. The number of nitrogens with one attached hydrogen (secondary N) is 2. The van der Waals surface area contributed by atoms with Crippen molar-refractivity contribution in [3.63, 3.8) is 0 Å². The lowest BCUT2D eigenvalue weighted by Crippen LogP contribution is -2.20. The van der Waals surface area contributed by atoms with E-state index in [-0.39, 0.29) is 17.7 Å². The Morgan fingerprint density at radius 3 is 3.00 bits per heavy atom. The largest absolute Gasteiger partial charge is 0.442 e. The van der Waals surface area contributed by atoms with Gasteiger partial charge < -0.3 is 15.4 Å². The van der Waals surface area contributed by atoms with Crippen LogP contribution in [0.4, 0.5) is 25.2 Å². The number of nitrogens with zero attached hydrogens (tertiary/aromatic N) is 5. The summed E-state index contributed by atoms with van der Waals surface area (Å²) in [5, 5.41) is 13.8. The van der Waals surface area contributed by atoms with E-state index < -0.39 is 12.5 Å². The van der Waals surface area contributed by atoms with Crippen LogP contribution in [0.1, 0.15) is 17.7 Å². The number of ether oxygens (including phenoxy) is 1. The number of benzene rings is 1. The molecule has 1 atom stereocenters. The Hall–Kier alpha value is -3.63. The Morgan fingerprint density at radius 2 is 2.24 bits per heavy atom. The van der Waals surface area contributed by atoms with Crippen LogP contribution in [0.25, 0.3) is 11.3 Å². The summed E-state index contributed by atoms with van der Waals surface area (Å²) in [6.07, 6.45) is -0.382. The smallest absolute Gasteiger partial charge is 0.407 e. The molecule has 0 aliphatic carbocycles. The van der Waals surface area contributed by atoms with Gasteiger partial charge in [-0.15, -0.1) is 5.10 Å². The number of aromatic nitrogens is 5. The van der Waals surface area contributed by atoms with Gasteiger partial charge in [-0.25, -0.2) is 28.2 Å². The van der Waals surface area contributed by atoms with Crippen molar-refractivity contribution in [3.05, 3.63) is 47.9 Å². The summed E-state index contributed by atoms with van der Waals surface area (Å²) in [5.41, 5.74) is 2.62. The Bertz CT molecular complexity index is 1040. The van der Waals surface area contributed by atoms with E-state index in [0.717, 1.165) is 11.1 Å². The molecular formula is C18H17F2N7O2. The second-order valence-electron chi connectivity index (χ2n) is 6.55. The van der Waals surface area contributed by atoms with Gasteiger partial charge in [0.2, 0.25) is 5.95 Å². The highest BCUT2D eigenvalue weighted by atomic mass is 19.3. The first-order valence-electron chi connectivity index (χ1n) is 8.81. The number of alkyl carbamates (subject to hydrolysis) is 1. The molecule has 1 aliphatic rings. The number of aryl methyl sites for hydroxylation is 1.